The number of carbonyl (C=O) groups excluding carboxylic acids is 2. The number of hydrogen-bond donors (Lipinski definition) is 2. The summed E-state index contributed by atoms with van der Waals surface area (Å²) in [6.07, 6.45) is 3.42. The molecule has 1 aliphatic rings. The van der Waals surface area contributed by atoms with Crippen molar-refractivity contribution >= 4 is 23.2 Å². The molecule has 2 heterocycles. The molecule has 0 aliphatic carbocycles. The Morgan fingerprint density at radius 3 is 2.52 bits per heavy atom. The number of benzene rings is 2. The number of rotatable bonds is 6. The highest BCUT2D eigenvalue weighted by atomic mass is 19.1. The van der Waals surface area contributed by atoms with Gasteiger partial charge >= 0.3 is 0 Å². The summed E-state index contributed by atoms with van der Waals surface area (Å²) in [5.74, 6) is 0.0423. The fraction of sp³-hybridized carbons (Fsp3) is 0.280. The molecule has 4 rings (SSSR count). The Labute approximate surface area is 192 Å². The van der Waals surface area contributed by atoms with Crippen LogP contribution in [0.2, 0.25) is 0 Å². The van der Waals surface area contributed by atoms with Crippen LogP contribution < -0.4 is 10.6 Å². The summed E-state index contributed by atoms with van der Waals surface area (Å²) in [5.41, 5.74) is 2.35. The van der Waals surface area contributed by atoms with Crippen LogP contribution in [0.3, 0.4) is 0 Å². The smallest absolute Gasteiger partial charge is 0.259 e. The Morgan fingerprint density at radius 2 is 1.79 bits per heavy atom. The highest BCUT2D eigenvalue weighted by molar-refractivity contribution is 6.04. The number of piperidine rings is 1. The number of para-hydroxylation sites is 1. The van der Waals surface area contributed by atoms with Gasteiger partial charge in [-0.05, 0) is 62.7 Å². The van der Waals surface area contributed by atoms with Crippen LogP contribution in [0, 0.1) is 12.7 Å². The first-order valence-corrected chi connectivity index (χ1v) is 11.0. The molecule has 33 heavy (non-hydrogen) atoms. The van der Waals surface area contributed by atoms with E-state index in [1.165, 1.54) is 12.1 Å². The second kappa shape index (κ2) is 10.3. The first-order chi connectivity index (χ1) is 16.0. The summed E-state index contributed by atoms with van der Waals surface area (Å²) in [6, 6.07) is 15.0. The van der Waals surface area contributed by atoms with Gasteiger partial charge in [-0.3, -0.25) is 14.5 Å². The minimum absolute atomic E-state index is 0.0855. The first-order valence-electron chi connectivity index (χ1n) is 11.0. The molecule has 1 unspecified atom stereocenters. The average Bonchev–Trinajstić information content (AvgIpc) is 2.81. The lowest BCUT2D eigenvalue weighted by atomic mass is 9.97. The van der Waals surface area contributed by atoms with E-state index in [1.807, 2.05) is 37.3 Å². The molecule has 1 aromatic heterocycles. The largest absolute Gasteiger partial charge is 0.325 e. The van der Waals surface area contributed by atoms with Crippen LogP contribution >= 0.6 is 0 Å². The van der Waals surface area contributed by atoms with Gasteiger partial charge in [-0.1, -0.05) is 18.2 Å². The summed E-state index contributed by atoms with van der Waals surface area (Å²) in [6.45, 7) is 3.52. The van der Waals surface area contributed by atoms with Crippen LogP contribution in [0.25, 0.3) is 0 Å². The van der Waals surface area contributed by atoms with E-state index in [-0.39, 0.29) is 30.1 Å². The van der Waals surface area contributed by atoms with Crippen molar-refractivity contribution in [2.24, 2.45) is 0 Å². The van der Waals surface area contributed by atoms with E-state index < -0.39 is 0 Å². The average molecular weight is 448 g/mol. The number of hydrogen-bond acceptors (Lipinski definition) is 5. The quantitative estimate of drug-likeness (QED) is 0.597. The molecular formula is C25H26FN5O2. The van der Waals surface area contributed by atoms with Gasteiger partial charge in [-0.2, -0.15) is 0 Å². The number of aryl methyl sites for hydroxylation is 1. The van der Waals surface area contributed by atoms with Crippen molar-refractivity contribution in [2.45, 2.75) is 25.7 Å². The zero-order valence-electron chi connectivity index (χ0n) is 18.4. The topological polar surface area (TPSA) is 87.2 Å². The molecular weight excluding hydrogens is 421 g/mol. The molecule has 2 amide bonds. The van der Waals surface area contributed by atoms with Crippen LogP contribution in [0.1, 0.15) is 40.6 Å². The lowest BCUT2D eigenvalue weighted by Gasteiger charge is -2.31. The molecule has 7 nitrogen and oxygen atoms in total. The Bertz CT molecular complexity index is 1120. The molecule has 0 spiro atoms. The second-order valence-corrected chi connectivity index (χ2v) is 8.18. The minimum Gasteiger partial charge on any atom is -0.325 e. The van der Waals surface area contributed by atoms with Crippen molar-refractivity contribution in [3.8, 4) is 0 Å². The molecule has 3 aromatic rings. The van der Waals surface area contributed by atoms with Gasteiger partial charge in [-0.15, -0.1) is 0 Å². The van der Waals surface area contributed by atoms with E-state index in [9.17, 15) is 14.0 Å². The van der Waals surface area contributed by atoms with Crippen molar-refractivity contribution in [1.29, 1.82) is 0 Å². The number of likely N-dealkylation sites (tertiary alicyclic amines) is 1. The Balaban J connectivity index is 1.36. The molecule has 8 heteroatoms. The minimum atomic E-state index is -0.342. The number of amides is 2. The Hall–Kier alpha value is -3.65. The van der Waals surface area contributed by atoms with E-state index in [0.717, 1.165) is 19.4 Å². The molecule has 2 N–H and O–H groups in total. The number of nitrogens with zero attached hydrogens (tertiary/aromatic N) is 3. The molecule has 0 radical (unpaired) electrons. The fourth-order valence-electron chi connectivity index (χ4n) is 3.97. The number of halogens is 1. The number of anilines is 2. The van der Waals surface area contributed by atoms with Gasteiger partial charge in [0.2, 0.25) is 5.91 Å². The van der Waals surface area contributed by atoms with Crippen molar-refractivity contribution in [3.05, 3.63) is 83.7 Å². The van der Waals surface area contributed by atoms with Gasteiger partial charge in [0.1, 0.15) is 11.6 Å². The predicted octanol–water partition coefficient (Wildman–Crippen LogP) is 3.99. The lowest BCUT2D eigenvalue weighted by molar-refractivity contribution is -0.117. The van der Waals surface area contributed by atoms with Gasteiger partial charge in [0.25, 0.3) is 5.91 Å². The van der Waals surface area contributed by atoms with Gasteiger partial charge in [0.05, 0.1) is 17.8 Å². The van der Waals surface area contributed by atoms with Gasteiger partial charge in [-0.25, -0.2) is 14.4 Å². The molecule has 1 saturated heterocycles. The van der Waals surface area contributed by atoms with Crippen molar-refractivity contribution in [3.63, 3.8) is 0 Å². The summed E-state index contributed by atoms with van der Waals surface area (Å²) in [7, 11) is 0. The van der Waals surface area contributed by atoms with Gasteiger partial charge < -0.3 is 10.6 Å². The summed E-state index contributed by atoms with van der Waals surface area (Å²) >= 11 is 0. The van der Waals surface area contributed by atoms with Gasteiger partial charge in [0, 0.05) is 30.0 Å². The standard InChI is InChI=1S/C25H26FN5O2/c1-17-22(25(33)30-20-7-3-2-4-8-20)14-27-24(28-17)18-6-5-13-31(15-18)16-23(32)29-21-11-9-19(26)10-12-21/h2-4,7-12,14,18H,5-6,13,15-16H2,1H3,(H,29,32)(H,30,33). The first kappa shape index (κ1) is 22.5. The fourth-order valence-corrected chi connectivity index (χ4v) is 3.97. The summed E-state index contributed by atoms with van der Waals surface area (Å²) < 4.78 is 13.0. The van der Waals surface area contributed by atoms with Crippen LogP contribution in [0.4, 0.5) is 15.8 Å². The lowest BCUT2D eigenvalue weighted by Crippen LogP contribution is -2.40. The third-order valence-corrected chi connectivity index (χ3v) is 5.64. The van der Waals surface area contributed by atoms with E-state index in [0.29, 0.717) is 35.0 Å². The third kappa shape index (κ3) is 5.98. The highest BCUT2D eigenvalue weighted by Gasteiger charge is 2.25. The van der Waals surface area contributed by atoms with E-state index in [2.05, 4.69) is 25.5 Å². The maximum atomic E-state index is 13.0. The highest BCUT2D eigenvalue weighted by Crippen LogP contribution is 2.25. The van der Waals surface area contributed by atoms with E-state index in [1.54, 1.807) is 18.3 Å². The molecule has 0 bridgehead atoms. The Kier molecular flexibility index (Phi) is 7.04. The van der Waals surface area contributed by atoms with E-state index in [4.69, 9.17) is 0 Å². The zero-order valence-corrected chi connectivity index (χ0v) is 18.4. The molecule has 2 aromatic carbocycles. The third-order valence-electron chi connectivity index (χ3n) is 5.64. The maximum Gasteiger partial charge on any atom is 0.259 e. The van der Waals surface area contributed by atoms with Crippen molar-refractivity contribution in [2.75, 3.05) is 30.3 Å². The molecule has 1 fully saturated rings. The maximum absolute atomic E-state index is 13.0. The Morgan fingerprint density at radius 1 is 1.06 bits per heavy atom. The van der Waals surface area contributed by atoms with Crippen molar-refractivity contribution < 1.29 is 14.0 Å². The second-order valence-electron chi connectivity index (χ2n) is 8.18. The number of carbonyl (C=O) groups is 2. The predicted molar refractivity (Wildman–Crippen MR) is 125 cm³/mol. The van der Waals surface area contributed by atoms with Crippen LogP contribution in [-0.4, -0.2) is 46.3 Å². The monoisotopic (exact) mass is 447 g/mol. The SMILES string of the molecule is Cc1nc(C2CCCN(CC(=O)Nc3ccc(F)cc3)C2)ncc1C(=O)Nc1ccccc1. The molecule has 1 atom stereocenters. The van der Waals surface area contributed by atoms with Gasteiger partial charge in [0.15, 0.2) is 0 Å². The van der Waals surface area contributed by atoms with Crippen LogP contribution in [0.15, 0.2) is 60.8 Å². The normalized spacial score (nSPS) is 16.2. The molecule has 0 saturated carbocycles. The number of nitrogens with one attached hydrogen (secondary N) is 2. The molecule has 170 valence electrons. The van der Waals surface area contributed by atoms with E-state index >= 15 is 0 Å². The number of aromatic nitrogens is 2. The molecule has 1 aliphatic heterocycles. The summed E-state index contributed by atoms with van der Waals surface area (Å²) in [5, 5.41) is 5.65. The summed E-state index contributed by atoms with van der Waals surface area (Å²) in [4.78, 5) is 36.2. The van der Waals surface area contributed by atoms with Crippen molar-refractivity contribution in [1.82, 2.24) is 14.9 Å². The van der Waals surface area contributed by atoms with Crippen LogP contribution in [-0.2, 0) is 4.79 Å². The zero-order chi connectivity index (χ0) is 23.2. The van der Waals surface area contributed by atoms with Crippen LogP contribution in [0.5, 0.6) is 0 Å².